The van der Waals surface area contributed by atoms with Crippen LogP contribution in [0.25, 0.3) is 0 Å². The van der Waals surface area contributed by atoms with Crippen molar-refractivity contribution in [1.82, 2.24) is 9.97 Å². The summed E-state index contributed by atoms with van der Waals surface area (Å²) in [4.78, 5) is 20.6. The third kappa shape index (κ3) is 4.28. The van der Waals surface area contributed by atoms with Gasteiger partial charge in [-0.15, -0.1) is 0 Å². The van der Waals surface area contributed by atoms with Crippen LogP contribution < -0.4 is 10.6 Å². The Bertz CT molecular complexity index is 689. The molecule has 0 aliphatic heterocycles. The molecule has 1 heterocycles. The molecule has 0 fully saturated rings. The first-order valence-electron chi connectivity index (χ1n) is 7.23. The van der Waals surface area contributed by atoms with Crippen molar-refractivity contribution in [2.75, 3.05) is 10.6 Å². The number of amides is 1. The highest BCUT2D eigenvalue weighted by Crippen LogP contribution is 2.18. The minimum Gasteiger partial charge on any atom is -0.365 e. The summed E-state index contributed by atoms with van der Waals surface area (Å²) in [5, 5.41) is 6.13. The summed E-state index contributed by atoms with van der Waals surface area (Å²) in [7, 11) is 0. The zero-order chi connectivity index (χ0) is 16.3. The van der Waals surface area contributed by atoms with Crippen LogP contribution in [-0.2, 0) is 0 Å². The topological polar surface area (TPSA) is 66.9 Å². The van der Waals surface area contributed by atoms with E-state index in [0.717, 1.165) is 16.8 Å². The van der Waals surface area contributed by atoms with Crippen molar-refractivity contribution >= 4 is 17.4 Å². The molecule has 2 rings (SSSR count). The summed E-state index contributed by atoms with van der Waals surface area (Å²) in [6.45, 7) is 10.0. The minimum absolute atomic E-state index is 0.130. The Morgan fingerprint density at radius 3 is 2.50 bits per heavy atom. The fourth-order valence-corrected chi connectivity index (χ4v) is 1.99. The number of hydrogen-bond acceptors (Lipinski definition) is 4. The quantitative estimate of drug-likeness (QED) is 0.909. The summed E-state index contributed by atoms with van der Waals surface area (Å²) < 4.78 is 0. The van der Waals surface area contributed by atoms with E-state index in [1.165, 1.54) is 6.33 Å². The van der Waals surface area contributed by atoms with Gasteiger partial charge >= 0.3 is 0 Å². The van der Waals surface area contributed by atoms with E-state index in [2.05, 4.69) is 20.6 Å². The number of anilines is 2. The molecule has 22 heavy (non-hydrogen) atoms. The Hall–Kier alpha value is -2.43. The van der Waals surface area contributed by atoms with Gasteiger partial charge in [0.1, 0.15) is 17.8 Å². The lowest BCUT2D eigenvalue weighted by Crippen LogP contribution is -2.27. The van der Waals surface area contributed by atoms with E-state index in [1.54, 1.807) is 6.07 Å². The largest absolute Gasteiger partial charge is 0.365 e. The van der Waals surface area contributed by atoms with Crippen molar-refractivity contribution in [3.8, 4) is 0 Å². The van der Waals surface area contributed by atoms with Gasteiger partial charge < -0.3 is 10.6 Å². The first-order chi connectivity index (χ1) is 10.2. The summed E-state index contributed by atoms with van der Waals surface area (Å²) >= 11 is 0. The third-order valence-corrected chi connectivity index (χ3v) is 3.04. The normalized spacial score (nSPS) is 11.1. The predicted molar refractivity (Wildman–Crippen MR) is 89.3 cm³/mol. The van der Waals surface area contributed by atoms with Crippen molar-refractivity contribution < 1.29 is 4.79 Å². The van der Waals surface area contributed by atoms with E-state index in [-0.39, 0.29) is 11.4 Å². The van der Waals surface area contributed by atoms with Gasteiger partial charge in [0.05, 0.1) is 0 Å². The van der Waals surface area contributed by atoms with Crippen molar-refractivity contribution in [1.29, 1.82) is 0 Å². The van der Waals surface area contributed by atoms with Crippen molar-refractivity contribution in [2.24, 2.45) is 0 Å². The van der Waals surface area contributed by atoms with Gasteiger partial charge in [0.2, 0.25) is 0 Å². The zero-order valence-corrected chi connectivity index (χ0v) is 13.7. The number of aromatic nitrogens is 2. The molecule has 5 nitrogen and oxygen atoms in total. The van der Waals surface area contributed by atoms with E-state index >= 15 is 0 Å². The number of aryl methyl sites for hydroxylation is 2. The summed E-state index contributed by atoms with van der Waals surface area (Å²) in [5.41, 5.74) is 3.12. The second kappa shape index (κ2) is 6.13. The molecule has 2 aromatic rings. The lowest BCUT2D eigenvalue weighted by Gasteiger charge is -2.21. The molecular weight excluding hydrogens is 276 g/mol. The maximum Gasteiger partial charge on any atom is 0.274 e. The summed E-state index contributed by atoms with van der Waals surface area (Å²) in [6, 6.07) is 7.60. The van der Waals surface area contributed by atoms with Crippen molar-refractivity contribution in [3.05, 3.63) is 47.4 Å². The fourth-order valence-electron chi connectivity index (χ4n) is 1.99. The van der Waals surface area contributed by atoms with E-state index in [4.69, 9.17) is 0 Å². The van der Waals surface area contributed by atoms with Crippen LogP contribution in [0, 0.1) is 13.8 Å². The van der Waals surface area contributed by atoms with Gasteiger partial charge in [0.15, 0.2) is 0 Å². The maximum atomic E-state index is 12.4. The molecule has 0 aliphatic carbocycles. The Morgan fingerprint density at radius 2 is 1.82 bits per heavy atom. The number of rotatable bonds is 3. The van der Waals surface area contributed by atoms with Gasteiger partial charge in [-0.05, 0) is 51.8 Å². The van der Waals surface area contributed by atoms with Gasteiger partial charge in [-0.1, -0.05) is 12.1 Å². The van der Waals surface area contributed by atoms with Crippen molar-refractivity contribution in [2.45, 2.75) is 40.2 Å². The second-order valence-electron chi connectivity index (χ2n) is 6.44. The number of hydrogen-bond donors (Lipinski definition) is 2. The molecule has 1 amide bonds. The summed E-state index contributed by atoms with van der Waals surface area (Å²) in [5.74, 6) is 0.390. The lowest BCUT2D eigenvalue weighted by atomic mass is 10.1. The Kier molecular flexibility index (Phi) is 4.45. The van der Waals surface area contributed by atoms with Crippen LogP contribution in [0.4, 0.5) is 11.5 Å². The third-order valence-electron chi connectivity index (χ3n) is 3.04. The molecule has 0 bridgehead atoms. The molecule has 116 valence electrons. The monoisotopic (exact) mass is 298 g/mol. The number of carbonyl (C=O) groups is 1. The standard InChI is InChI=1S/C17H22N4O/c1-11-6-7-12(2)13(8-11)20-16(22)14-9-15(19-10-18-14)21-17(3,4)5/h6-10H,1-5H3,(H,20,22)(H,18,19,21). The number of carbonyl (C=O) groups excluding carboxylic acids is 1. The predicted octanol–water partition coefficient (Wildman–Crippen LogP) is 3.56. The average Bonchev–Trinajstić information content (AvgIpc) is 2.41. The van der Waals surface area contributed by atoms with E-state index in [0.29, 0.717) is 11.5 Å². The van der Waals surface area contributed by atoms with E-state index in [9.17, 15) is 4.79 Å². The smallest absolute Gasteiger partial charge is 0.274 e. The van der Waals surface area contributed by atoms with Crippen LogP contribution >= 0.6 is 0 Å². The van der Waals surface area contributed by atoms with Gasteiger partial charge in [-0.2, -0.15) is 0 Å². The SMILES string of the molecule is Cc1ccc(C)c(NC(=O)c2cc(NC(C)(C)C)ncn2)c1. The molecule has 0 saturated heterocycles. The molecular formula is C17H22N4O. The molecule has 0 aliphatic rings. The second-order valence-corrected chi connectivity index (χ2v) is 6.44. The molecule has 0 radical (unpaired) electrons. The highest BCUT2D eigenvalue weighted by molar-refractivity contribution is 6.03. The number of nitrogens with zero attached hydrogens (tertiary/aromatic N) is 2. The van der Waals surface area contributed by atoms with Crippen LogP contribution in [0.15, 0.2) is 30.6 Å². The highest BCUT2D eigenvalue weighted by Gasteiger charge is 2.14. The van der Waals surface area contributed by atoms with Gasteiger partial charge in [0.25, 0.3) is 5.91 Å². The van der Waals surface area contributed by atoms with E-state index in [1.807, 2.05) is 52.8 Å². The van der Waals surface area contributed by atoms with Crippen LogP contribution in [0.2, 0.25) is 0 Å². The first kappa shape index (κ1) is 15.9. The molecule has 5 heteroatoms. The van der Waals surface area contributed by atoms with Gasteiger partial charge in [-0.25, -0.2) is 9.97 Å². The molecule has 0 atom stereocenters. The number of nitrogens with one attached hydrogen (secondary N) is 2. The van der Waals surface area contributed by atoms with Gasteiger partial charge in [-0.3, -0.25) is 4.79 Å². The maximum absolute atomic E-state index is 12.4. The lowest BCUT2D eigenvalue weighted by molar-refractivity contribution is 0.102. The zero-order valence-electron chi connectivity index (χ0n) is 13.7. The van der Waals surface area contributed by atoms with Crippen LogP contribution in [-0.4, -0.2) is 21.4 Å². The molecule has 1 aromatic heterocycles. The Morgan fingerprint density at radius 1 is 1.09 bits per heavy atom. The van der Waals surface area contributed by atoms with Crippen molar-refractivity contribution in [3.63, 3.8) is 0 Å². The molecule has 0 saturated carbocycles. The Balaban J connectivity index is 2.19. The van der Waals surface area contributed by atoms with Gasteiger partial charge in [0, 0.05) is 17.3 Å². The molecule has 0 spiro atoms. The average molecular weight is 298 g/mol. The van der Waals surface area contributed by atoms with Crippen LogP contribution in [0.1, 0.15) is 42.4 Å². The van der Waals surface area contributed by atoms with Crippen LogP contribution in [0.5, 0.6) is 0 Å². The highest BCUT2D eigenvalue weighted by atomic mass is 16.1. The number of benzene rings is 1. The summed E-state index contributed by atoms with van der Waals surface area (Å²) in [6.07, 6.45) is 1.39. The van der Waals surface area contributed by atoms with Crippen LogP contribution in [0.3, 0.4) is 0 Å². The molecule has 2 N–H and O–H groups in total. The molecule has 1 aromatic carbocycles. The molecule has 0 unspecified atom stereocenters. The minimum atomic E-state index is -0.243. The first-order valence-corrected chi connectivity index (χ1v) is 7.23. The fraction of sp³-hybridized carbons (Fsp3) is 0.353. The Labute approximate surface area is 131 Å². The van der Waals surface area contributed by atoms with E-state index < -0.39 is 0 Å².